The lowest BCUT2D eigenvalue weighted by molar-refractivity contribution is 0.817. The molecule has 21 heavy (non-hydrogen) atoms. The van der Waals surface area contributed by atoms with Crippen molar-refractivity contribution in [2.45, 2.75) is 19.8 Å². The third-order valence-electron chi connectivity index (χ3n) is 3.41. The summed E-state index contributed by atoms with van der Waals surface area (Å²) in [6.07, 6.45) is 4.72. The number of benzene rings is 1. The molecule has 2 aromatic heterocycles. The molecule has 3 rings (SSSR count). The van der Waals surface area contributed by atoms with Crippen molar-refractivity contribution in [1.82, 2.24) is 19.7 Å². The number of aromatic amines is 2. The van der Waals surface area contributed by atoms with E-state index in [4.69, 9.17) is 11.6 Å². The number of hydrogen-bond acceptors (Lipinski definition) is 2. The van der Waals surface area contributed by atoms with E-state index < -0.39 is 0 Å². The molecule has 2 N–H and O–H groups in total. The molecule has 0 aliphatic carbocycles. The second-order valence-electron chi connectivity index (χ2n) is 4.75. The van der Waals surface area contributed by atoms with Gasteiger partial charge >= 0.3 is 0 Å². The number of aromatic nitrogens is 4. The average Bonchev–Trinajstić information content (AvgIpc) is 3.09. The second kappa shape index (κ2) is 5.61. The predicted octanol–water partition coefficient (Wildman–Crippen LogP) is 2.70. The first-order valence-electron chi connectivity index (χ1n) is 6.76. The Labute approximate surface area is 126 Å². The summed E-state index contributed by atoms with van der Waals surface area (Å²) in [4.78, 5) is 19.8. The monoisotopic (exact) mass is 302 g/mol. The number of nitrogens with one attached hydrogen (secondary N) is 2. The van der Waals surface area contributed by atoms with Crippen LogP contribution in [0.1, 0.15) is 24.0 Å². The van der Waals surface area contributed by atoms with E-state index in [-0.39, 0.29) is 5.56 Å². The van der Waals surface area contributed by atoms with E-state index in [2.05, 4.69) is 15.1 Å². The maximum Gasteiger partial charge on any atom is 0.274 e. The standard InChI is InChI=1S/C15H15ClN4O/c1-2-12-13(9-14-17-7-8-18-14)19-20(15(12)21)11-5-3-10(16)4-6-11/h3-8,19H,2,9H2,1H3,(H,17,18). The van der Waals surface area contributed by atoms with E-state index in [0.717, 1.165) is 22.8 Å². The van der Waals surface area contributed by atoms with Gasteiger partial charge in [0.15, 0.2) is 0 Å². The normalized spacial score (nSPS) is 11.0. The van der Waals surface area contributed by atoms with Gasteiger partial charge in [0.2, 0.25) is 0 Å². The number of hydrogen-bond donors (Lipinski definition) is 2. The molecule has 0 bridgehead atoms. The summed E-state index contributed by atoms with van der Waals surface area (Å²) in [5.41, 5.74) is 2.40. The summed E-state index contributed by atoms with van der Waals surface area (Å²) >= 11 is 5.89. The van der Waals surface area contributed by atoms with Crippen molar-refractivity contribution in [1.29, 1.82) is 0 Å². The summed E-state index contributed by atoms with van der Waals surface area (Å²) in [5, 5.41) is 3.82. The Hall–Kier alpha value is -2.27. The van der Waals surface area contributed by atoms with Crippen LogP contribution in [0.25, 0.3) is 5.69 Å². The Kier molecular flexibility index (Phi) is 3.66. The fraction of sp³-hybridized carbons (Fsp3) is 0.200. The zero-order valence-electron chi connectivity index (χ0n) is 11.6. The van der Waals surface area contributed by atoms with Crippen molar-refractivity contribution in [2.24, 2.45) is 0 Å². The van der Waals surface area contributed by atoms with Gasteiger partial charge in [0.1, 0.15) is 5.82 Å². The smallest absolute Gasteiger partial charge is 0.274 e. The van der Waals surface area contributed by atoms with Crippen molar-refractivity contribution < 1.29 is 0 Å². The summed E-state index contributed by atoms with van der Waals surface area (Å²) in [7, 11) is 0. The first-order valence-corrected chi connectivity index (χ1v) is 7.13. The number of imidazole rings is 1. The van der Waals surface area contributed by atoms with Crippen molar-refractivity contribution in [3.8, 4) is 5.69 Å². The Balaban J connectivity index is 2.04. The highest BCUT2D eigenvalue weighted by Crippen LogP contribution is 2.14. The Morgan fingerprint density at radius 1 is 1.29 bits per heavy atom. The van der Waals surface area contributed by atoms with E-state index in [1.54, 1.807) is 29.2 Å². The molecule has 3 aromatic rings. The van der Waals surface area contributed by atoms with E-state index in [0.29, 0.717) is 17.9 Å². The summed E-state index contributed by atoms with van der Waals surface area (Å²) in [6, 6.07) is 7.16. The minimum absolute atomic E-state index is 0.0265. The molecular weight excluding hydrogens is 288 g/mol. The molecule has 0 amide bonds. The van der Waals surface area contributed by atoms with Crippen LogP contribution < -0.4 is 5.56 Å². The summed E-state index contributed by atoms with van der Waals surface area (Å²) in [5.74, 6) is 0.828. The first kappa shape index (κ1) is 13.7. The molecule has 0 spiro atoms. The van der Waals surface area contributed by atoms with Crippen molar-refractivity contribution in [3.05, 3.63) is 69.1 Å². The van der Waals surface area contributed by atoms with E-state index in [1.165, 1.54) is 0 Å². The third-order valence-corrected chi connectivity index (χ3v) is 3.66. The lowest BCUT2D eigenvalue weighted by Crippen LogP contribution is -2.16. The molecule has 0 unspecified atom stereocenters. The quantitative estimate of drug-likeness (QED) is 0.778. The molecule has 0 aliphatic heterocycles. The minimum Gasteiger partial charge on any atom is -0.348 e. The van der Waals surface area contributed by atoms with Crippen LogP contribution >= 0.6 is 11.6 Å². The van der Waals surface area contributed by atoms with Crippen molar-refractivity contribution >= 4 is 11.6 Å². The molecule has 0 saturated heterocycles. The van der Waals surface area contributed by atoms with Crippen LogP contribution in [0.15, 0.2) is 41.5 Å². The molecule has 108 valence electrons. The fourth-order valence-corrected chi connectivity index (χ4v) is 2.49. The van der Waals surface area contributed by atoms with Crippen LogP contribution in [-0.2, 0) is 12.8 Å². The largest absolute Gasteiger partial charge is 0.348 e. The first-order chi connectivity index (χ1) is 10.2. The fourth-order valence-electron chi connectivity index (χ4n) is 2.36. The Morgan fingerprint density at radius 3 is 2.67 bits per heavy atom. The molecular formula is C15H15ClN4O. The predicted molar refractivity (Wildman–Crippen MR) is 82.2 cm³/mol. The maximum absolute atomic E-state index is 12.5. The van der Waals surface area contributed by atoms with Crippen LogP contribution in [0.5, 0.6) is 0 Å². The third kappa shape index (κ3) is 2.64. The van der Waals surface area contributed by atoms with Crippen LogP contribution in [0, 0.1) is 0 Å². The summed E-state index contributed by atoms with van der Waals surface area (Å²) in [6.45, 7) is 1.97. The number of rotatable bonds is 4. The van der Waals surface area contributed by atoms with Gasteiger partial charge in [-0.05, 0) is 30.7 Å². The van der Waals surface area contributed by atoms with Crippen LogP contribution in [0.4, 0.5) is 0 Å². The number of nitrogens with zero attached hydrogens (tertiary/aromatic N) is 2. The number of H-pyrrole nitrogens is 2. The van der Waals surface area contributed by atoms with E-state index in [9.17, 15) is 4.79 Å². The van der Waals surface area contributed by atoms with Gasteiger partial charge in [0.05, 0.1) is 5.69 Å². The zero-order valence-corrected chi connectivity index (χ0v) is 12.3. The Morgan fingerprint density at radius 2 is 2.05 bits per heavy atom. The highest BCUT2D eigenvalue weighted by molar-refractivity contribution is 6.30. The highest BCUT2D eigenvalue weighted by Gasteiger charge is 2.14. The van der Waals surface area contributed by atoms with Gasteiger partial charge in [0, 0.05) is 35.1 Å². The van der Waals surface area contributed by atoms with Gasteiger partial charge in [-0.1, -0.05) is 18.5 Å². The lowest BCUT2D eigenvalue weighted by atomic mass is 10.1. The van der Waals surface area contributed by atoms with E-state index >= 15 is 0 Å². The lowest BCUT2D eigenvalue weighted by Gasteiger charge is -2.01. The van der Waals surface area contributed by atoms with Crippen molar-refractivity contribution in [2.75, 3.05) is 0 Å². The zero-order chi connectivity index (χ0) is 14.8. The molecule has 6 heteroatoms. The minimum atomic E-state index is -0.0265. The van der Waals surface area contributed by atoms with Gasteiger partial charge in [-0.3, -0.25) is 9.89 Å². The molecule has 1 aromatic carbocycles. The van der Waals surface area contributed by atoms with Crippen LogP contribution in [0.3, 0.4) is 0 Å². The van der Waals surface area contributed by atoms with Crippen LogP contribution in [0.2, 0.25) is 5.02 Å². The highest BCUT2D eigenvalue weighted by atomic mass is 35.5. The molecule has 0 radical (unpaired) electrons. The Bertz CT molecular complexity index is 784. The van der Waals surface area contributed by atoms with Gasteiger partial charge in [0.25, 0.3) is 5.56 Å². The molecule has 0 fully saturated rings. The molecule has 0 atom stereocenters. The van der Waals surface area contributed by atoms with Gasteiger partial charge in [-0.25, -0.2) is 9.67 Å². The molecule has 0 saturated carbocycles. The van der Waals surface area contributed by atoms with Crippen LogP contribution in [-0.4, -0.2) is 19.7 Å². The molecule has 0 aliphatic rings. The molecule has 2 heterocycles. The van der Waals surface area contributed by atoms with Gasteiger partial charge in [-0.2, -0.15) is 0 Å². The molecule has 5 nitrogen and oxygen atoms in total. The van der Waals surface area contributed by atoms with Crippen molar-refractivity contribution in [3.63, 3.8) is 0 Å². The van der Waals surface area contributed by atoms with E-state index in [1.807, 2.05) is 19.1 Å². The maximum atomic E-state index is 12.5. The van der Waals surface area contributed by atoms with Gasteiger partial charge < -0.3 is 4.98 Å². The topological polar surface area (TPSA) is 66.5 Å². The number of halogens is 1. The second-order valence-corrected chi connectivity index (χ2v) is 5.19. The SMILES string of the molecule is CCc1c(Cc2ncc[nH]2)[nH]n(-c2ccc(Cl)cc2)c1=O. The van der Waals surface area contributed by atoms with Gasteiger partial charge in [-0.15, -0.1) is 0 Å². The average molecular weight is 303 g/mol. The summed E-state index contributed by atoms with van der Waals surface area (Å²) < 4.78 is 1.55.